The Morgan fingerprint density at radius 2 is 1.90 bits per heavy atom. The fourth-order valence-corrected chi connectivity index (χ4v) is 4.79. The summed E-state index contributed by atoms with van der Waals surface area (Å²) in [5, 5.41) is 4.66. The van der Waals surface area contributed by atoms with Crippen molar-refractivity contribution >= 4 is 23.5 Å². The first-order chi connectivity index (χ1) is 13.7. The van der Waals surface area contributed by atoms with E-state index in [2.05, 4.69) is 23.9 Å². The van der Waals surface area contributed by atoms with Crippen LogP contribution in [-0.4, -0.2) is 26.5 Å². The molecule has 0 radical (unpaired) electrons. The normalized spacial score (nSPS) is 15.2. The van der Waals surface area contributed by atoms with Gasteiger partial charge in [-0.05, 0) is 49.1 Å². The van der Waals surface area contributed by atoms with E-state index < -0.39 is 5.91 Å². The maximum absolute atomic E-state index is 12.7. The number of rotatable bonds is 4. The number of hydrogen-bond donors (Lipinski definition) is 1. The van der Waals surface area contributed by atoms with Gasteiger partial charge in [0.15, 0.2) is 5.78 Å². The fourth-order valence-electron chi connectivity index (χ4n) is 3.82. The van der Waals surface area contributed by atoms with E-state index in [4.69, 9.17) is 5.73 Å². The molecule has 7 heteroatoms. The summed E-state index contributed by atoms with van der Waals surface area (Å²) in [6, 6.07) is 9.21. The Hall–Kier alpha value is -2.93. The van der Waals surface area contributed by atoms with E-state index in [1.165, 1.54) is 11.8 Å². The Kier molecular flexibility index (Phi) is 4.78. The van der Waals surface area contributed by atoms with E-state index in [1.54, 1.807) is 18.5 Å². The fraction of sp³-hybridized carbons (Fsp3) is 0.273. The van der Waals surface area contributed by atoms with Crippen molar-refractivity contribution in [3.05, 3.63) is 65.2 Å². The van der Waals surface area contributed by atoms with Crippen LogP contribution in [0.4, 0.5) is 0 Å². The predicted octanol–water partition coefficient (Wildman–Crippen LogP) is 3.98. The lowest BCUT2D eigenvalue weighted by atomic mass is 9.75. The first kappa shape index (κ1) is 19.4. The number of carbonyl (C=O) groups is 2. The van der Waals surface area contributed by atoms with Gasteiger partial charge >= 0.3 is 0 Å². The van der Waals surface area contributed by atoms with Crippen LogP contribution in [0, 0.1) is 12.3 Å². The quantitative estimate of drug-likeness (QED) is 0.708. The lowest BCUT2D eigenvalue weighted by Gasteiger charge is -2.29. The third-order valence-electron chi connectivity index (χ3n) is 5.07. The lowest BCUT2D eigenvalue weighted by Crippen LogP contribution is -2.28. The number of ketones is 1. The van der Waals surface area contributed by atoms with Gasteiger partial charge in [-0.1, -0.05) is 25.6 Å². The van der Waals surface area contributed by atoms with Crippen LogP contribution < -0.4 is 5.73 Å². The van der Waals surface area contributed by atoms with Gasteiger partial charge in [-0.3, -0.25) is 14.6 Å². The van der Waals surface area contributed by atoms with Crippen LogP contribution in [0.5, 0.6) is 0 Å². The summed E-state index contributed by atoms with van der Waals surface area (Å²) in [6.45, 7) is 6.07. The number of aromatic nitrogens is 3. The molecule has 6 nitrogen and oxygen atoms in total. The Bertz CT molecular complexity index is 1120. The molecule has 0 atom stereocenters. The second-order valence-corrected chi connectivity index (χ2v) is 9.20. The number of benzene rings is 1. The number of pyridine rings is 1. The first-order valence-corrected chi connectivity index (χ1v) is 10.2. The van der Waals surface area contributed by atoms with Crippen molar-refractivity contribution in [1.29, 1.82) is 0 Å². The zero-order valence-electron chi connectivity index (χ0n) is 16.6. The van der Waals surface area contributed by atoms with Crippen LogP contribution in [0.1, 0.15) is 52.4 Å². The van der Waals surface area contributed by atoms with Crippen molar-refractivity contribution in [3.63, 3.8) is 0 Å². The van der Waals surface area contributed by atoms with E-state index in [0.717, 1.165) is 38.9 Å². The molecule has 0 saturated heterocycles. The summed E-state index contributed by atoms with van der Waals surface area (Å²) in [4.78, 5) is 30.4. The molecule has 0 unspecified atom stereocenters. The highest BCUT2D eigenvalue weighted by molar-refractivity contribution is 7.99. The van der Waals surface area contributed by atoms with Crippen LogP contribution >= 0.6 is 11.8 Å². The summed E-state index contributed by atoms with van der Waals surface area (Å²) in [6.07, 6.45) is 4.70. The second kappa shape index (κ2) is 7.15. The summed E-state index contributed by atoms with van der Waals surface area (Å²) < 4.78 is 1.84. The molecule has 1 amide bonds. The van der Waals surface area contributed by atoms with Crippen LogP contribution in [0.3, 0.4) is 0 Å². The number of hydrogen-bond acceptors (Lipinski definition) is 5. The van der Waals surface area contributed by atoms with Gasteiger partial charge in [-0.25, -0.2) is 4.68 Å². The summed E-state index contributed by atoms with van der Waals surface area (Å²) in [5.74, 6) is -0.344. The van der Waals surface area contributed by atoms with E-state index in [0.29, 0.717) is 12.0 Å². The highest BCUT2D eigenvalue weighted by atomic mass is 32.2. The molecule has 1 aliphatic carbocycles. The maximum Gasteiger partial charge on any atom is 0.249 e. The smallest absolute Gasteiger partial charge is 0.249 e. The van der Waals surface area contributed by atoms with Gasteiger partial charge in [0.25, 0.3) is 0 Å². The molecule has 0 fully saturated rings. The summed E-state index contributed by atoms with van der Waals surface area (Å²) in [7, 11) is 0. The van der Waals surface area contributed by atoms with Gasteiger partial charge in [-0.2, -0.15) is 5.10 Å². The Morgan fingerprint density at radius 1 is 1.17 bits per heavy atom. The van der Waals surface area contributed by atoms with Gasteiger partial charge in [-0.15, -0.1) is 0 Å². The number of nitrogens with zero attached hydrogens (tertiary/aromatic N) is 3. The molecule has 1 aliphatic rings. The molecule has 1 aromatic carbocycles. The standard InChI is InChI=1S/C22H22N4O2S/c1-13-20-17(11-22(2,3)12-18(20)27)26(25-13)14-4-5-16(21(23)28)19(10-14)29-15-6-8-24-9-7-15/h4-10H,11-12H2,1-3H3,(H2,23,28). The molecular weight excluding hydrogens is 384 g/mol. The lowest BCUT2D eigenvalue weighted by molar-refractivity contribution is 0.0909. The minimum Gasteiger partial charge on any atom is -0.366 e. The summed E-state index contributed by atoms with van der Waals surface area (Å²) in [5.41, 5.74) is 9.13. The second-order valence-electron chi connectivity index (χ2n) is 8.09. The van der Waals surface area contributed by atoms with E-state index in [1.807, 2.05) is 35.9 Å². The molecule has 2 aromatic heterocycles. The third kappa shape index (κ3) is 3.70. The molecule has 2 N–H and O–H groups in total. The van der Waals surface area contributed by atoms with Crippen molar-refractivity contribution in [3.8, 4) is 5.69 Å². The molecule has 0 spiro atoms. The van der Waals surface area contributed by atoms with Crippen molar-refractivity contribution in [2.75, 3.05) is 0 Å². The third-order valence-corrected chi connectivity index (χ3v) is 6.14. The average Bonchev–Trinajstić information content (AvgIpc) is 2.97. The van der Waals surface area contributed by atoms with E-state index in [9.17, 15) is 9.59 Å². The van der Waals surface area contributed by atoms with Gasteiger partial charge < -0.3 is 5.73 Å². The minimum absolute atomic E-state index is 0.115. The average molecular weight is 407 g/mol. The van der Waals surface area contributed by atoms with E-state index in [-0.39, 0.29) is 11.2 Å². The Labute approximate surface area is 173 Å². The van der Waals surface area contributed by atoms with Crippen molar-refractivity contribution < 1.29 is 9.59 Å². The SMILES string of the molecule is Cc1nn(-c2ccc(C(N)=O)c(Sc3ccncc3)c2)c2c1C(=O)CC(C)(C)C2. The van der Waals surface area contributed by atoms with Crippen LogP contribution in [0.15, 0.2) is 52.5 Å². The number of nitrogens with two attached hydrogens (primary N) is 1. The Morgan fingerprint density at radius 3 is 2.59 bits per heavy atom. The Balaban J connectivity index is 1.83. The zero-order chi connectivity index (χ0) is 20.8. The number of fused-ring (bicyclic) bond motifs is 1. The number of carbonyl (C=O) groups excluding carboxylic acids is 2. The van der Waals surface area contributed by atoms with Gasteiger partial charge in [0.05, 0.1) is 28.2 Å². The maximum atomic E-state index is 12.7. The molecule has 3 aromatic rings. The van der Waals surface area contributed by atoms with Crippen LogP contribution in [-0.2, 0) is 6.42 Å². The van der Waals surface area contributed by atoms with Crippen molar-refractivity contribution in [2.45, 2.75) is 43.4 Å². The highest BCUT2D eigenvalue weighted by Gasteiger charge is 2.35. The number of Topliss-reactive ketones (excluding diaryl/α,β-unsaturated/α-hetero) is 1. The molecule has 0 bridgehead atoms. The molecule has 4 rings (SSSR count). The molecule has 0 aliphatic heterocycles. The van der Waals surface area contributed by atoms with Gasteiger partial charge in [0.2, 0.25) is 5.91 Å². The molecule has 0 saturated carbocycles. The van der Waals surface area contributed by atoms with E-state index >= 15 is 0 Å². The van der Waals surface area contributed by atoms with Crippen molar-refractivity contribution in [2.24, 2.45) is 11.1 Å². The summed E-state index contributed by atoms with van der Waals surface area (Å²) >= 11 is 1.45. The molecule has 148 valence electrons. The zero-order valence-corrected chi connectivity index (χ0v) is 17.4. The molecular formula is C22H22N4O2S. The van der Waals surface area contributed by atoms with Gasteiger partial charge in [0, 0.05) is 28.6 Å². The monoisotopic (exact) mass is 406 g/mol. The number of amides is 1. The number of primary amides is 1. The largest absolute Gasteiger partial charge is 0.366 e. The highest BCUT2D eigenvalue weighted by Crippen LogP contribution is 2.38. The minimum atomic E-state index is -0.483. The van der Waals surface area contributed by atoms with Crippen LogP contribution in [0.2, 0.25) is 0 Å². The van der Waals surface area contributed by atoms with Crippen molar-refractivity contribution in [1.82, 2.24) is 14.8 Å². The molecule has 2 heterocycles. The van der Waals surface area contributed by atoms with Crippen LogP contribution in [0.25, 0.3) is 5.69 Å². The molecule has 29 heavy (non-hydrogen) atoms. The first-order valence-electron chi connectivity index (χ1n) is 9.39. The topological polar surface area (TPSA) is 90.9 Å². The van der Waals surface area contributed by atoms with Gasteiger partial charge in [0.1, 0.15) is 0 Å². The number of aryl methyl sites for hydroxylation is 1. The predicted molar refractivity (Wildman–Crippen MR) is 112 cm³/mol.